The Kier molecular flexibility index (Phi) is 6.00. The van der Waals surface area contributed by atoms with Crippen molar-refractivity contribution in [2.45, 2.75) is 52.3 Å². The van der Waals surface area contributed by atoms with Crippen molar-refractivity contribution < 1.29 is 13.2 Å². The molecule has 1 N–H and O–H groups in total. The molecule has 0 saturated heterocycles. The van der Waals surface area contributed by atoms with Crippen LogP contribution in [0.4, 0.5) is 0 Å². The molecule has 0 aromatic carbocycles. The molecule has 16 heavy (non-hydrogen) atoms. The molecule has 0 rings (SSSR count). The lowest BCUT2D eigenvalue weighted by Gasteiger charge is -2.23. The minimum Gasteiger partial charge on any atom is -0.352 e. The lowest BCUT2D eigenvalue weighted by Crippen LogP contribution is -2.44. The van der Waals surface area contributed by atoms with E-state index in [1.807, 2.05) is 13.8 Å². The molecular weight excluding hydrogens is 226 g/mol. The molecule has 0 aromatic rings. The van der Waals surface area contributed by atoms with Gasteiger partial charge in [-0.2, -0.15) is 0 Å². The summed E-state index contributed by atoms with van der Waals surface area (Å²) in [6, 6.07) is -0.292. The van der Waals surface area contributed by atoms with Crippen LogP contribution in [0, 0.1) is 5.92 Å². The first-order valence-corrected chi connectivity index (χ1v) is 7.43. The Morgan fingerprint density at radius 1 is 1.19 bits per heavy atom. The second-order valence-corrected chi connectivity index (χ2v) is 7.25. The zero-order valence-electron chi connectivity index (χ0n) is 10.8. The van der Waals surface area contributed by atoms with E-state index in [1.54, 1.807) is 20.8 Å². The predicted octanol–water partition coefficient (Wildman–Crippen LogP) is 1.36. The van der Waals surface area contributed by atoms with Crippen LogP contribution in [0.1, 0.15) is 41.0 Å². The predicted molar refractivity (Wildman–Crippen MR) is 66.0 cm³/mol. The number of amides is 1. The number of hydrogen-bond acceptors (Lipinski definition) is 3. The largest absolute Gasteiger partial charge is 0.352 e. The maximum atomic E-state index is 11.8. The van der Waals surface area contributed by atoms with E-state index in [4.69, 9.17) is 0 Å². The summed E-state index contributed by atoms with van der Waals surface area (Å²) in [5, 5.41) is 2.36. The minimum absolute atomic E-state index is 0.0219. The molecule has 0 spiro atoms. The Labute approximate surface area is 98.7 Å². The van der Waals surface area contributed by atoms with Crippen molar-refractivity contribution in [3.63, 3.8) is 0 Å². The quantitative estimate of drug-likeness (QED) is 0.773. The van der Waals surface area contributed by atoms with Crippen LogP contribution in [0.5, 0.6) is 0 Å². The summed E-state index contributed by atoms with van der Waals surface area (Å²) in [5.74, 6) is 0.0373. The maximum Gasteiger partial charge on any atom is 0.219 e. The molecule has 0 bridgehead atoms. The van der Waals surface area contributed by atoms with Gasteiger partial charge in [-0.25, -0.2) is 8.42 Å². The molecular formula is C11H23NO3S. The van der Waals surface area contributed by atoms with Crippen LogP contribution in [0.15, 0.2) is 0 Å². The van der Waals surface area contributed by atoms with Gasteiger partial charge in [0.2, 0.25) is 5.91 Å². The van der Waals surface area contributed by atoms with E-state index in [-0.39, 0.29) is 23.6 Å². The standard InChI is InChI=1S/C11H23NO3S/c1-6-11(13)12-10(8(2)3)7-16(14,15)9(4)5/h8-10H,6-7H2,1-5H3,(H,12,13). The topological polar surface area (TPSA) is 63.2 Å². The number of rotatable bonds is 6. The van der Waals surface area contributed by atoms with Gasteiger partial charge in [0.1, 0.15) is 0 Å². The van der Waals surface area contributed by atoms with E-state index in [0.29, 0.717) is 6.42 Å². The maximum absolute atomic E-state index is 11.8. The first-order chi connectivity index (χ1) is 7.20. The van der Waals surface area contributed by atoms with Gasteiger partial charge in [-0.05, 0) is 19.8 Å². The van der Waals surface area contributed by atoms with Crippen LogP contribution in [0.3, 0.4) is 0 Å². The van der Waals surface area contributed by atoms with Gasteiger partial charge in [-0.1, -0.05) is 20.8 Å². The Balaban J connectivity index is 4.65. The smallest absolute Gasteiger partial charge is 0.219 e. The number of carbonyl (C=O) groups excluding carboxylic acids is 1. The normalized spacial score (nSPS) is 14.2. The molecule has 5 heteroatoms. The van der Waals surface area contributed by atoms with Gasteiger partial charge >= 0.3 is 0 Å². The lowest BCUT2D eigenvalue weighted by atomic mass is 10.1. The van der Waals surface area contributed by atoms with E-state index in [2.05, 4.69) is 5.32 Å². The average Bonchev–Trinajstić information content (AvgIpc) is 2.15. The van der Waals surface area contributed by atoms with E-state index >= 15 is 0 Å². The Bertz CT molecular complexity index is 320. The van der Waals surface area contributed by atoms with Crippen molar-refractivity contribution in [1.29, 1.82) is 0 Å². The summed E-state index contributed by atoms with van der Waals surface area (Å²) in [7, 11) is -3.11. The van der Waals surface area contributed by atoms with Crippen molar-refractivity contribution in [3.8, 4) is 0 Å². The van der Waals surface area contributed by atoms with Crippen molar-refractivity contribution in [1.82, 2.24) is 5.32 Å². The minimum atomic E-state index is -3.11. The SMILES string of the molecule is CCC(=O)NC(CS(=O)(=O)C(C)C)C(C)C. The van der Waals surface area contributed by atoms with Gasteiger partial charge in [0.15, 0.2) is 9.84 Å². The molecule has 1 amide bonds. The van der Waals surface area contributed by atoms with Gasteiger partial charge in [0.25, 0.3) is 0 Å². The molecule has 0 heterocycles. The molecule has 0 fully saturated rings. The third-order valence-electron chi connectivity index (χ3n) is 2.60. The van der Waals surface area contributed by atoms with Crippen molar-refractivity contribution in [2.24, 2.45) is 5.92 Å². The molecule has 4 nitrogen and oxygen atoms in total. The number of nitrogens with one attached hydrogen (secondary N) is 1. The molecule has 0 aliphatic carbocycles. The van der Waals surface area contributed by atoms with Crippen LogP contribution in [-0.4, -0.2) is 31.4 Å². The summed E-state index contributed by atoms with van der Waals surface area (Å²) in [4.78, 5) is 11.3. The van der Waals surface area contributed by atoms with Crippen molar-refractivity contribution in [3.05, 3.63) is 0 Å². The number of sulfone groups is 1. The summed E-state index contributed by atoms with van der Waals surface area (Å²) in [6.07, 6.45) is 0.380. The molecule has 0 aliphatic rings. The van der Waals surface area contributed by atoms with Gasteiger partial charge in [0, 0.05) is 12.5 Å². The molecule has 96 valence electrons. The number of carbonyl (C=O) groups is 1. The summed E-state index contributed by atoms with van der Waals surface area (Å²) < 4.78 is 23.5. The van der Waals surface area contributed by atoms with E-state index in [0.717, 1.165) is 0 Å². The van der Waals surface area contributed by atoms with E-state index in [9.17, 15) is 13.2 Å². The van der Waals surface area contributed by atoms with E-state index < -0.39 is 15.1 Å². The molecule has 0 aromatic heterocycles. The van der Waals surface area contributed by atoms with Gasteiger partial charge < -0.3 is 5.32 Å². The zero-order valence-corrected chi connectivity index (χ0v) is 11.6. The highest BCUT2D eigenvalue weighted by atomic mass is 32.2. The van der Waals surface area contributed by atoms with Gasteiger partial charge in [-0.3, -0.25) is 4.79 Å². The highest BCUT2D eigenvalue weighted by Crippen LogP contribution is 2.09. The van der Waals surface area contributed by atoms with Crippen molar-refractivity contribution in [2.75, 3.05) is 5.75 Å². The van der Waals surface area contributed by atoms with Crippen LogP contribution < -0.4 is 5.32 Å². The third-order valence-corrected chi connectivity index (χ3v) is 4.86. The summed E-state index contributed by atoms with van der Waals surface area (Å²) >= 11 is 0. The molecule has 0 saturated carbocycles. The molecule has 0 radical (unpaired) electrons. The second kappa shape index (κ2) is 6.23. The third kappa shape index (κ3) is 4.96. The van der Waals surface area contributed by atoms with E-state index in [1.165, 1.54) is 0 Å². The fourth-order valence-electron chi connectivity index (χ4n) is 1.15. The monoisotopic (exact) mass is 249 g/mol. The highest BCUT2D eigenvalue weighted by molar-refractivity contribution is 7.92. The van der Waals surface area contributed by atoms with Crippen LogP contribution in [0.2, 0.25) is 0 Å². The van der Waals surface area contributed by atoms with Crippen molar-refractivity contribution >= 4 is 15.7 Å². The Morgan fingerprint density at radius 2 is 1.69 bits per heavy atom. The Morgan fingerprint density at radius 3 is 2.00 bits per heavy atom. The van der Waals surface area contributed by atoms with Gasteiger partial charge in [0.05, 0.1) is 11.0 Å². The molecule has 0 aliphatic heterocycles. The molecule has 1 unspecified atom stereocenters. The Hall–Kier alpha value is -0.580. The van der Waals surface area contributed by atoms with Crippen LogP contribution >= 0.6 is 0 Å². The zero-order chi connectivity index (χ0) is 12.9. The summed E-state index contributed by atoms with van der Waals surface area (Å²) in [6.45, 7) is 8.90. The summed E-state index contributed by atoms with van der Waals surface area (Å²) in [5.41, 5.74) is 0. The van der Waals surface area contributed by atoms with Crippen LogP contribution in [0.25, 0.3) is 0 Å². The fourth-order valence-corrected chi connectivity index (χ4v) is 2.51. The fraction of sp³-hybridized carbons (Fsp3) is 0.909. The molecule has 1 atom stereocenters. The lowest BCUT2D eigenvalue weighted by molar-refractivity contribution is -0.121. The first kappa shape index (κ1) is 15.4. The average molecular weight is 249 g/mol. The highest BCUT2D eigenvalue weighted by Gasteiger charge is 2.25. The number of hydrogen-bond donors (Lipinski definition) is 1. The van der Waals surface area contributed by atoms with Crippen LogP contribution in [-0.2, 0) is 14.6 Å². The second-order valence-electron chi connectivity index (χ2n) is 4.65. The van der Waals surface area contributed by atoms with Gasteiger partial charge in [-0.15, -0.1) is 0 Å². The first-order valence-electron chi connectivity index (χ1n) is 5.71.